The third-order valence-corrected chi connectivity index (χ3v) is 5.48. The molecule has 2 N–H and O–H groups in total. The van der Waals surface area contributed by atoms with Crippen molar-refractivity contribution in [2.45, 2.75) is 44.8 Å². The number of benzene rings is 1. The van der Waals surface area contributed by atoms with Crippen LogP contribution in [0.25, 0.3) is 11.3 Å². The molecule has 6 nitrogen and oxygen atoms in total. The minimum absolute atomic E-state index is 0.221. The summed E-state index contributed by atoms with van der Waals surface area (Å²) >= 11 is 5.89. The Labute approximate surface area is 175 Å². The van der Waals surface area contributed by atoms with Gasteiger partial charge in [0.15, 0.2) is 0 Å². The number of nitrogens with zero attached hydrogens (tertiary/aromatic N) is 3. The number of rotatable bonds is 6. The van der Waals surface area contributed by atoms with Gasteiger partial charge in [-0.15, -0.1) is 0 Å². The molecule has 150 valence electrons. The van der Waals surface area contributed by atoms with E-state index < -0.39 is 0 Å². The maximum Gasteiger partial charge on any atom is 0.315 e. The normalized spacial score (nSPS) is 14.1. The van der Waals surface area contributed by atoms with Crippen molar-refractivity contribution in [1.82, 2.24) is 25.4 Å². The molecular weight excluding hydrogens is 386 g/mol. The first kappa shape index (κ1) is 19.5. The van der Waals surface area contributed by atoms with Gasteiger partial charge in [0.2, 0.25) is 0 Å². The number of pyridine rings is 1. The molecule has 4 rings (SSSR count). The Kier molecular flexibility index (Phi) is 6.10. The Morgan fingerprint density at radius 3 is 2.45 bits per heavy atom. The van der Waals surface area contributed by atoms with Crippen molar-refractivity contribution in [2.24, 2.45) is 0 Å². The van der Waals surface area contributed by atoms with Crippen LogP contribution in [0.1, 0.15) is 43.0 Å². The highest BCUT2D eigenvalue weighted by Crippen LogP contribution is 2.33. The first-order valence-corrected chi connectivity index (χ1v) is 10.3. The van der Waals surface area contributed by atoms with Gasteiger partial charge < -0.3 is 10.6 Å². The molecule has 1 saturated carbocycles. The van der Waals surface area contributed by atoms with E-state index in [4.69, 9.17) is 16.7 Å². The molecule has 0 atom stereocenters. The third-order valence-electron chi connectivity index (χ3n) is 5.23. The van der Waals surface area contributed by atoms with Gasteiger partial charge in [0.1, 0.15) is 0 Å². The van der Waals surface area contributed by atoms with Crippen LogP contribution < -0.4 is 10.6 Å². The van der Waals surface area contributed by atoms with Gasteiger partial charge in [-0.05, 0) is 48.7 Å². The zero-order valence-electron chi connectivity index (χ0n) is 16.1. The first-order valence-electron chi connectivity index (χ1n) is 9.94. The predicted octanol–water partition coefficient (Wildman–Crippen LogP) is 4.71. The molecule has 0 radical (unpaired) electrons. The second-order valence-corrected chi connectivity index (χ2v) is 7.74. The number of hydrogen-bond acceptors (Lipinski definition) is 3. The molecule has 0 saturated heterocycles. The number of carbonyl (C=O) groups excluding carboxylic acids is 1. The summed E-state index contributed by atoms with van der Waals surface area (Å²) in [6, 6.07) is 13.7. The van der Waals surface area contributed by atoms with Crippen LogP contribution in [0.15, 0.2) is 54.9 Å². The molecule has 2 aromatic heterocycles. The van der Waals surface area contributed by atoms with E-state index in [1.54, 1.807) is 12.4 Å². The monoisotopic (exact) mass is 409 g/mol. The molecule has 2 amide bonds. The summed E-state index contributed by atoms with van der Waals surface area (Å²) in [6.45, 7) is 0.825. The molecule has 7 heteroatoms. The van der Waals surface area contributed by atoms with Crippen molar-refractivity contribution in [3.63, 3.8) is 0 Å². The smallest absolute Gasteiger partial charge is 0.315 e. The Hall–Kier alpha value is -2.86. The van der Waals surface area contributed by atoms with Gasteiger partial charge in [0, 0.05) is 29.5 Å². The summed E-state index contributed by atoms with van der Waals surface area (Å²) in [7, 11) is 0. The van der Waals surface area contributed by atoms with Gasteiger partial charge in [-0.25, -0.2) is 4.79 Å². The minimum Gasteiger partial charge on any atom is -0.334 e. The fraction of sp³-hybridized carbons (Fsp3) is 0.318. The van der Waals surface area contributed by atoms with Crippen LogP contribution in [-0.2, 0) is 13.1 Å². The fourth-order valence-electron chi connectivity index (χ4n) is 3.71. The summed E-state index contributed by atoms with van der Waals surface area (Å²) in [4.78, 5) is 16.3. The van der Waals surface area contributed by atoms with Crippen LogP contribution >= 0.6 is 11.6 Å². The second kappa shape index (κ2) is 9.09. The number of carbonyl (C=O) groups is 1. The summed E-state index contributed by atoms with van der Waals surface area (Å²) in [5.74, 6) is 0. The fourth-order valence-corrected chi connectivity index (χ4v) is 3.84. The van der Waals surface area contributed by atoms with E-state index in [-0.39, 0.29) is 6.03 Å². The van der Waals surface area contributed by atoms with Gasteiger partial charge in [-0.3, -0.25) is 9.67 Å². The Balaban J connectivity index is 1.40. The SMILES string of the molecule is O=C(NCc1ccc(Cl)cc1)NCc1cc(-c2ccncc2)n(C2CCCC2)n1. The van der Waals surface area contributed by atoms with E-state index in [1.165, 1.54) is 12.8 Å². The van der Waals surface area contributed by atoms with Crippen molar-refractivity contribution in [3.8, 4) is 11.3 Å². The average molecular weight is 410 g/mol. The summed E-state index contributed by atoms with van der Waals surface area (Å²) < 4.78 is 2.13. The van der Waals surface area contributed by atoms with Crippen LogP contribution in [0.2, 0.25) is 5.02 Å². The Morgan fingerprint density at radius 2 is 1.72 bits per heavy atom. The second-order valence-electron chi connectivity index (χ2n) is 7.30. The van der Waals surface area contributed by atoms with E-state index >= 15 is 0 Å². The van der Waals surface area contributed by atoms with Crippen LogP contribution in [0.5, 0.6) is 0 Å². The van der Waals surface area contributed by atoms with E-state index in [0.29, 0.717) is 24.2 Å². The molecule has 0 aliphatic heterocycles. The number of aromatic nitrogens is 3. The summed E-state index contributed by atoms with van der Waals surface area (Å²) in [5, 5.41) is 11.2. The molecule has 1 aliphatic rings. The maximum absolute atomic E-state index is 12.2. The van der Waals surface area contributed by atoms with Crippen molar-refractivity contribution >= 4 is 17.6 Å². The van der Waals surface area contributed by atoms with Crippen LogP contribution in [0, 0.1) is 0 Å². The average Bonchev–Trinajstić information content (AvgIpc) is 3.42. The van der Waals surface area contributed by atoms with Gasteiger partial charge >= 0.3 is 6.03 Å². The number of amides is 2. The van der Waals surface area contributed by atoms with E-state index in [1.807, 2.05) is 36.4 Å². The van der Waals surface area contributed by atoms with Gasteiger partial charge in [-0.1, -0.05) is 36.6 Å². The molecule has 3 aromatic rings. The zero-order valence-corrected chi connectivity index (χ0v) is 16.9. The number of urea groups is 1. The predicted molar refractivity (Wildman–Crippen MR) is 113 cm³/mol. The van der Waals surface area contributed by atoms with Crippen LogP contribution in [-0.4, -0.2) is 20.8 Å². The van der Waals surface area contributed by atoms with Gasteiger partial charge in [0.05, 0.1) is 24.0 Å². The summed E-state index contributed by atoms with van der Waals surface area (Å²) in [5.41, 5.74) is 4.02. The third kappa shape index (κ3) is 4.95. The van der Waals surface area contributed by atoms with Crippen LogP contribution in [0.4, 0.5) is 4.79 Å². The lowest BCUT2D eigenvalue weighted by molar-refractivity contribution is 0.240. The van der Waals surface area contributed by atoms with E-state index in [9.17, 15) is 4.79 Å². The highest BCUT2D eigenvalue weighted by molar-refractivity contribution is 6.30. The highest BCUT2D eigenvalue weighted by Gasteiger charge is 2.22. The molecule has 1 aliphatic carbocycles. The topological polar surface area (TPSA) is 71.8 Å². The number of halogens is 1. The molecule has 0 spiro atoms. The molecule has 29 heavy (non-hydrogen) atoms. The van der Waals surface area contributed by atoms with Gasteiger partial charge in [0.25, 0.3) is 0 Å². The minimum atomic E-state index is -0.221. The lowest BCUT2D eigenvalue weighted by Gasteiger charge is -2.14. The molecule has 0 unspecified atom stereocenters. The van der Waals surface area contributed by atoms with Crippen molar-refractivity contribution in [3.05, 3.63) is 71.1 Å². The molecule has 1 aromatic carbocycles. The maximum atomic E-state index is 12.2. The Bertz CT molecular complexity index is 949. The largest absolute Gasteiger partial charge is 0.334 e. The molecule has 1 fully saturated rings. The highest BCUT2D eigenvalue weighted by atomic mass is 35.5. The number of nitrogens with one attached hydrogen (secondary N) is 2. The van der Waals surface area contributed by atoms with E-state index in [0.717, 1.165) is 35.4 Å². The number of hydrogen-bond donors (Lipinski definition) is 2. The lowest BCUT2D eigenvalue weighted by atomic mass is 10.1. The van der Waals surface area contributed by atoms with Crippen molar-refractivity contribution in [2.75, 3.05) is 0 Å². The van der Waals surface area contributed by atoms with Gasteiger partial charge in [-0.2, -0.15) is 5.10 Å². The lowest BCUT2D eigenvalue weighted by Crippen LogP contribution is -2.34. The van der Waals surface area contributed by atoms with Crippen molar-refractivity contribution in [1.29, 1.82) is 0 Å². The molecule has 0 bridgehead atoms. The quantitative estimate of drug-likeness (QED) is 0.619. The molecular formula is C22H24ClN5O. The van der Waals surface area contributed by atoms with Crippen LogP contribution in [0.3, 0.4) is 0 Å². The Morgan fingerprint density at radius 1 is 1.03 bits per heavy atom. The standard InChI is InChI=1S/C22H24ClN5O/c23-18-7-5-16(6-8-18)14-25-22(29)26-15-19-13-21(17-9-11-24-12-10-17)28(27-19)20-3-1-2-4-20/h5-13,20H,1-4,14-15H2,(H2,25,26,29). The van der Waals surface area contributed by atoms with Crippen molar-refractivity contribution < 1.29 is 4.79 Å². The molecule has 2 heterocycles. The first-order chi connectivity index (χ1) is 14.2. The summed E-state index contributed by atoms with van der Waals surface area (Å²) in [6.07, 6.45) is 8.36. The van der Waals surface area contributed by atoms with E-state index in [2.05, 4.69) is 26.4 Å². The zero-order chi connectivity index (χ0) is 20.1.